The zero-order valence-electron chi connectivity index (χ0n) is 7.67. The fourth-order valence-electron chi connectivity index (χ4n) is 0.933. The lowest BCUT2D eigenvalue weighted by Gasteiger charge is -2.08. The molecule has 0 unspecified atom stereocenters. The van der Waals surface area contributed by atoms with Crippen LogP contribution < -0.4 is 0 Å². The van der Waals surface area contributed by atoms with E-state index in [0.29, 0.717) is 0 Å². The normalized spacial score (nSPS) is 11.4. The van der Waals surface area contributed by atoms with Gasteiger partial charge in [-0.3, -0.25) is 30.3 Å². The highest BCUT2D eigenvalue weighted by molar-refractivity contribution is 7.33. The summed E-state index contributed by atoms with van der Waals surface area (Å²) in [6.07, 6.45) is -0.988. The van der Waals surface area contributed by atoms with Crippen molar-refractivity contribution in [1.82, 2.24) is 0 Å². The quantitative estimate of drug-likeness (QED) is 0.228. The maximum absolute atomic E-state index is 10.4. The summed E-state index contributed by atoms with van der Waals surface area (Å²) in [6, 6.07) is 0.102. The van der Waals surface area contributed by atoms with Gasteiger partial charge in [-0.15, -0.1) is 22.2 Å². The Labute approximate surface area is 99.8 Å². The van der Waals surface area contributed by atoms with Crippen LogP contribution in [0.5, 0.6) is 0 Å². The van der Waals surface area contributed by atoms with Crippen LogP contribution in [0.2, 0.25) is 6.04 Å². The number of hydrogen-bond acceptors (Lipinski definition) is 6. The number of nitrogens with zero attached hydrogens (tertiary/aromatic N) is 3. The molecule has 0 fully saturated rings. The highest BCUT2D eigenvalue weighted by atomic mass is 35.7. The van der Waals surface area contributed by atoms with Crippen molar-refractivity contribution < 1.29 is 14.8 Å². The van der Waals surface area contributed by atoms with Crippen LogP contribution >= 0.6 is 22.2 Å². The Kier molecular flexibility index (Phi) is 5.54. The van der Waals surface area contributed by atoms with Gasteiger partial charge in [-0.05, 0) is 12.5 Å². The first-order valence-corrected chi connectivity index (χ1v) is 7.58. The molecule has 12 heteroatoms. The molecule has 0 aliphatic rings. The first-order valence-electron chi connectivity index (χ1n) is 3.85. The van der Waals surface area contributed by atoms with Gasteiger partial charge in [0.1, 0.15) is 0 Å². The summed E-state index contributed by atoms with van der Waals surface area (Å²) < 4.78 is 0. The van der Waals surface area contributed by atoms with Gasteiger partial charge in [0.2, 0.25) is 0 Å². The second kappa shape index (κ2) is 5.91. The van der Waals surface area contributed by atoms with Gasteiger partial charge in [0.25, 0.3) is 7.42 Å². The molecule has 0 aliphatic heterocycles. The van der Waals surface area contributed by atoms with Gasteiger partial charge in [0.15, 0.2) is 21.2 Å². The Morgan fingerprint density at radius 3 is 1.62 bits per heavy atom. The summed E-state index contributed by atoms with van der Waals surface area (Å²) in [6.45, 7) is 0. The molecule has 0 aromatic heterocycles. The van der Waals surface area contributed by atoms with Crippen molar-refractivity contribution >= 4 is 29.6 Å². The van der Waals surface area contributed by atoms with Crippen LogP contribution in [0, 0.1) is 30.3 Å². The van der Waals surface area contributed by atoms with E-state index in [1.165, 1.54) is 0 Å². The van der Waals surface area contributed by atoms with E-state index in [-0.39, 0.29) is 12.5 Å². The number of hydrogen-bond donors (Lipinski definition) is 0. The van der Waals surface area contributed by atoms with Gasteiger partial charge in [-0.25, -0.2) is 0 Å². The van der Waals surface area contributed by atoms with Crippen molar-refractivity contribution in [1.29, 1.82) is 0 Å². The summed E-state index contributed by atoms with van der Waals surface area (Å²) in [5, 5.41) is 31.3. The molecule has 0 amide bonds. The van der Waals surface area contributed by atoms with Crippen molar-refractivity contribution in [2.75, 3.05) is 0 Å². The lowest BCUT2D eigenvalue weighted by atomic mass is 10.2. The monoisotopic (exact) mass is 290 g/mol. The SMILES string of the molecule is O=[N+]([O-])C(CCC[Si](Cl)Cl)([N+](=O)[O-])[N+](=O)[O-]. The van der Waals surface area contributed by atoms with E-state index in [0.717, 1.165) is 0 Å². The molecule has 0 saturated heterocycles. The van der Waals surface area contributed by atoms with E-state index < -0.39 is 34.4 Å². The van der Waals surface area contributed by atoms with E-state index in [4.69, 9.17) is 22.2 Å². The molecule has 0 aliphatic carbocycles. The van der Waals surface area contributed by atoms with Gasteiger partial charge in [-0.2, -0.15) is 0 Å². The minimum absolute atomic E-state index is 0.102. The lowest BCUT2D eigenvalue weighted by molar-refractivity contribution is -0.970. The fraction of sp³-hybridized carbons (Fsp3) is 1.00. The largest absolute Gasteiger partial charge is 0.699 e. The third-order valence-electron chi connectivity index (χ3n) is 1.76. The Hall–Kier alpha value is -1.00. The molecule has 0 saturated carbocycles. The van der Waals surface area contributed by atoms with Crippen LogP contribution in [-0.2, 0) is 0 Å². The second-order valence-corrected chi connectivity index (χ2v) is 7.23. The van der Waals surface area contributed by atoms with E-state index in [2.05, 4.69) is 0 Å². The van der Waals surface area contributed by atoms with Crippen LogP contribution in [-0.4, -0.2) is 28.0 Å². The van der Waals surface area contributed by atoms with E-state index in [9.17, 15) is 30.3 Å². The van der Waals surface area contributed by atoms with E-state index in [1.54, 1.807) is 0 Å². The smallest absolute Gasteiger partial charge is 0.253 e. The predicted molar refractivity (Wildman–Crippen MR) is 55.2 cm³/mol. The van der Waals surface area contributed by atoms with Crippen LogP contribution in [0.25, 0.3) is 0 Å². The second-order valence-electron chi connectivity index (χ2n) is 2.74. The van der Waals surface area contributed by atoms with Crippen LogP contribution in [0.15, 0.2) is 0 Å². The molecule has 0 N–H and O–H groups in total. The summed E-state index contributed by atoms with van der Waals surface area (Å²) in [5.74, 6) is -3.40. The molecule has 0 spiro atoms. The minimum Gasteiger partial charge on any atom is -0.253 e. The summed E-state index contributed by atoms with van der Waals surface area (Å²) in [5.41, 5.74) is 0. The van der Waals surface area contributed by atoms with Crippen LogP contribution in [0.1, 0.15) is 12.8 Å². The van der Waals surface area contributed by atoms with Gasteiger partial charge in [-0.1, -0.05) is 0 Å². The summed E-state index contributed by atoms with van der Waals surface area (Å²) >= 11 is 10.8. The fourth-order valence-corrected chi connectivity index (χ4v) is 2.18. The summed E-state index contributed by atoms with van der Waals surface area (Å²) in [7, 11) is -1.76. The molecule has 91 valence electrons. The van der Waals surface area contributed by atoms with Crippen molar-refractivity contribution in [2.24, 2.45) is 0 Å². The molecule has 1 radical (unpaired) electrons. The Bertz CT molecular complexity index is 276. The highest BCUT2D eigenvalue weighted by Crippen LogP contribution is 2.22. The lowest BCUT2D eigenvalue weighted by Crippen LogP contribution is -2.53. The Morgan fingerprint density at radius 1 is 1.00 bits per heavy atom. The minimum atomic E-state index is -3.40. The van der Waals surface area contributed by atoms with Gasteiger partial charge in [0, 0.05) is 0 Å². The first kappa shape index (κ1) is 15.0. The predicted octanol–water partition coefficient (Wildman–Crippen LogP) is 1.22. The molecule has 0 bridgehead atoms. The molecule has 9 nitrogen and oxygen atoms in total. The third kappa shape index (κ3) is 3.25. The molecule has 16 heavy (non-hydrogen) atoms. The first-order chi connectivity index (χ1) is 7.25. The Balaban J connectivity index is 4.86. The maximum atomic E-state index is 10.4. The molecule has 0 rings (SSSR count). The van der Waals surface area contributed by atoms with Crippen LogP contribution in [0.4, 0.5) is 0 Å². The van der Waals surface area contributed by atoms with Gasteiger partial charge in [0.05, 0.1) is 0 Å². The Morgan fingerprint density at radius 2 is 1.38 bits per heavy atom. The third-order valence-corrected chi connectivity index (χ3v) is 3.62. The molecule has 0 aromatic carbocycles. The molecule has 0 aromatic rings. The number of halogens is 2. The average molecular weight is 291 g/mol. The van der Waals surface area contributed by atoms with E-state index in [1.807, 2.05) is 0 Å². The van der Waals surface area contributed by atoms with Gasteiger partial charge >= 0.3 is 5.79 Å². The zero-order chi connectivity index (χ0) is 12.9. The number of nitro groups is 3. The van der Waals surface area contributed by atoms with Crippen molar-refractivity contribution in [3.63, 3.8) is 0 Å². The van der Waals surface area contributed by atoms with Gasteiger partial charge < -0.3 is 0 Å². The van der Waals surface area contributed by atoms with Crippen molar-refractivity contribution in [2.45, 2.75) is 24.7 Å². The summed E-state index contributed by atoms with van der Waals surface area (Å²) in [4.78, 5) is 26.8. The average Bonchev–Trinajstić information content (AvgIpc) is 2.09. The molecule has 0 heterocycles. The van der Waals surface area contributed by atoms with E-state index >= 15 is 0 Å². The van der Waals surface area contributed by atoms with Crippen molar-refractivity contribution in [3.8, 4) is 0 Å². The molecule has 0 atom stereocenters. The zero-order valence-corrected chi connectivity index (χ0v) is 10.2. The number of rotatable bonds is 7. The standard InChI is InChI=1S/C4H6Cl2N3O6Si/c5-16(6)3-1-2-4(7(10)11,8(12)13)9(14)15/h1-3H2. The van der Waals surface area contributed by atoms with Crippen LogP contribution in [0.3, 0.4) is 0 Å². The topological polar surface area (TPSA) is 129 Å². The maximum Gasteiger partial charge on any atom is 0.699 e. The molecular formula is C4H6Cl2N3O6Si. The highest BCUT2D eigenvalue weighted by Gasteiger charge is 2.69. The molecular weight excluding hydrogens is 285 g/mol. The van der Waals surface area contributed by atoms with Crippen molar-refractivity contribution in [3.05, 3.63) is 30.3 Å².